The average molecular weight is 390 g/mol. The average Bonchev–Trinajstić information content (AvgIpc) is 2.64. The minimum Gasteiger partial charge on any atom is -0.351 e. The number of carbonyl (C=O) groups excluding carboxylic acids is 2. The van der Waals surface area contributed by atoms with Gasteiger partial charge in [0.05, 0.1) is 5.69 Å². The first-order valence-electron chi connectivity index (χ1n) is 8.22. The van der Waals surface area contributed by atoms with Gasteiger partial charge in [-0.15, -0.1) is 0 Å². The number of hydrazone groups is 1. The maximum absolute atomic E-state index is 12.4. The van der Waals surface area contributed by atoms with Crippen LogP contribution >= 0.6 is 23.2 Å². The fourth-order valence-corrected chi connectivity index (χ4v) is 3.13. The molecule has 1 N–H and O–H groups in total. The van der Waals surface area contributed by atoms with E-state index in [1.807, 2.05) is 24.3 Å². The van der Waals surface area contributed by atoms with Crippen molar-refractivity contribution >= 4 is 46.4 Å². The summed E-state index contributed by atoms with van der Waals surface area (Å²) in [4.78, 5) is 24.5. The molecule has 2 aromatic carbocycles. The topological polar surface area (TPSA) is 61.8 Å². The van der Waals surface area contributed by atoms with Gasteiger partial charge in [0.25, 0.3) is 5.91 Å². The lowest BCUT2D eigenvalue weighted by Crippen LogP contribution is -2.39. The maximum Gasteiger partial charge on any atom is 0.267 e. The van der Waals surface area contributed by atoms with Crippen LogP contribution in [0.3, 0.4) is 0 Å². The molecule has 0 spiro atoms. The first-order chi connectivity index (χ1) is 12.5. The highest BCUT2D eigenvalue weighted by molar-refractivity contribution is 6.40. The number of benzene rings is 2. The standard InChI is InChI=1S/C19H17Cl2N3O2/c20-14-7-6-13(16(21)12-14)10-11-22-19(26)17-8-9-18(25)24(23-17)15-4-2-1-3-5-15/h1-7,12H,8-11H2,(H,22,26). The van der Waals surface area contributed by atoms with Crippen LogP contribution in [0.25, 0.3) is 0 Å². The smallest absolute Gasteiger partial charge is 0.267 e. The molecule has 5 nitrogen and oxygen atoms in total. The third kappa shape index (κ3) is 4.42. The summed E-state index contributed by atoms with van der Waals surface area (Å²) >= 11 is 12.0. The van der Waals surface area contributed by atoms with Crippen molar-refractivity contribution in [2.75, 3.05) is 11.6 Å². The molecule has 0 unspecified atom stereocenters. The zero-order chi connectivity index (χ0) is 18.5. The lowest BCUT2D eigenvalue weighted by atomic mass is 10.1. The van der Waals surface area contributed by atoms with E-state index in [2.05, 4.69) is 10.4 Å². The van der Waals surface area contributed by atoms with Crippen molar-refractivity contribution in [2.24, 2.45) is 5.10 Å². The molecule has 0 saturated carbocycles. The molecule has 1 heterocycles. The molecule has 134 valence electrons. The summed E-state index contributed by atoms with van der Waals surface area (Å²) in [6.45, 7) is 0.415. The minimum atomic E-state index is -0.275. The highest BCUT2D eigenvalue weighted by Gasteiger charge is 2.25. The lowest BCUT2D eigenvalue weighted by Gasteiger charge is -2.23. The number of carbonyl (C=O) groups is 2. The van der Waals surface area contributed by atoms with E-state index in [1.54, 1.807) is 24.3 Å². The summed E-state index contributed by atoms with van der Waals surface area (Å²) in [5.74, 6) is -0.399. The molecule has 26 heavy (non-hydrogen) atoms. The summed E-state index contributed by atoms with van der Waals surface area (Å²) in [5.41, 5.74) is 1.90. The van der Waals surface area contributed by atoms with Crippen molar-refractivity contribution in [3.05, 3.63) is 64.1 Å². The van der Waals surface area contributed by atoms with Gasteiger partial charge in [0.2, 0.25) is 5.91 Å². The number of para-hydroxylation sites is 1. The number of anilines is 1. The molecule has 0 aromatic heterocycles. The van der Waals surface area contributed by atoms with Gasteiger partial charge in [0.1, 0.15) is 5.71 Å². The second-order valence-corrected chi connectivity index (χ2v) is 6.67. The highest BCUT2D eigenvalue weighted by atomic mass is 35.5. The monoisotopic (exact) mass is 389 g/mol. The van der Waals surface area contributed by atoms with Gasteiger partial charge in [-0.25, -0.2) is 5.01 Å². The largest absolute Gasteiger partial charge is 0.351 e. The van der Waals surface area contributed by atoms with Crippen LogP contribution in [0.15, 0.2) is 53.6 Å². The van der Waals surface area contributed by atoms with Crippen molar-refractivity contribution < 1.29 is 9.59 Å². The number of hydrogen-bond acceptors (Lipinski definition) is 3. The van der Waals surface area contributed by atoms with E-state index in [1.165, 1.54) is 5.01 Å². The predicted octanol–water partition coefficient (Wildman–Crippen LogP) is 3.84. The van der Waals surface area contributed by atoms with Gasteiger partial charge in [-0.1, -0.05) is 47.5 Å². The second kappa shape index (κ2) is 8.34. The number of halogens is 2. The molecule has 0 radical (unpaired) electrons. The Labute approximate surface area is 161 Å². The van der Waals surface area contributed by atoms with Gasteiger partial charge in [-0.2, -0.15) is 5.10 Å². The van der Waals surface area contributed by atoms with E-state index >= 15 is 0 Å². The predicted molar refractivity (Wildman–Crippen MR) is 104 cm³/mol. The Morgan fingerprint density at radius 1 is 1.12 bits per heavy atom. The zero-order valence-corrected chi connectivity index (χ0v) is 15.4. The first kappa shape index (κ1) is 18.4. The number of hydrogen-bond donors (Lipinski definition) is 1. The molecule has 7 heteroatoms. The van der Waals surface area contributed by atoms with Crippen molar-refractivity contribution in [1.82, 2.24) is 5.32 Å². The normalized spacial score (nSPS) is 14.2. The Morgan fingerprint density at radius 2 is 1.88 bits per heavy atom. The van der Waals surface area contributed by atoms with Crippen LogP contribution in [0.1, 0.15) is 18.4 Å². The number of amides is 2. The molecule has 0 aliphatic carbocycles. The van der Waals surface area contributed by atoms with Crippen LogP contribution in [-0.2, 0) is 16.0 Å². The Hall–Kier alpha value is -2.37. The van der Waals surface area contributed by atoms with E-state index in [0.29, 0.717) is 40.8 Å². The van der Waals surface area contributed by atoms with Crippen LogP contribution < -0.4 is 10.3 Å². The minimum absolute atomic E-state index is 0.124. The molecule has 0 atom stereocenters. The van der Waals surface area contributed by atoms with Crippen molar-refractivity contribution in [3.63, 3.8) is 0 Å². The van der Waals surface area contributed by atoms with Gasteiger partial charge in [0.15, 0.2) is 0 Å². The van der Waals surface area contributed by atoms with Crippen molar-refractivity contribution in [2.45, 2.75) is 19.3 Å². The van der Waals surface area contributed by atoms with Gasteiger partial charge >= 0.3 is 0 Å². The Morgan fingerprint density at radius 3 is 2.62 bits per heavy atom. The molecule has 0 saturated heterocycles. The van der Waals surface area contributed by atoms with Crippen LogP contribution in [0.5, 0.6) is 0 Å². The summed E-state index contributed by atoms with van der Waals surface area (Å²) in [7, 11) is 0. The van der Waals surface area contributed by atoms with Crippen LogP contribution in [0.2, 0.25) is 10.0 Å². The fourth-order valence-electron chi connectivity index (χ4n) is 2.62. The molecule has 2 amide bonds. The molecular weight excluding hydrogens is 373 g/mol. The first-order valence-corrected chi connectivity index (χ1v) is 8.98. The van der Waals surface area contributed by atoms with E-state index in [0.717, 1.165) is 5.56 Å². The summed E-state index contributed by atoms with van der Waals surface area (Å²) in [6, 6.07) is 14.3. The van der Waals surface area contributed by atoms with E-state index in [9.17, 15) is 9.59 Å². The highest BCUT2D eigenvalue weighted by Crippen LogP contribution is 2.21. The van der Waals surface area contributed by atoms with E-state index < -0.39 is 0 Å². The lowest BCUT2D eigenvalue weighted by molar-refractivity contribution is -0.118. The SMILES string of the molecule is O=C(NCCc1ccc(Cl)cc1Cl)C1=NN(c2ccccc2)C(=O)CC1. The van der Waals surface area contributed by atoms with Crippen LogP contribution in [0, 0.1) is 0 Å². The summed E-state index contributed by atoms with van der Waals surface area (Å²) in [6.07, 6.45) is 1.16. The van der Waals surface area contributed by atoms with Crippen LogP contribution in [-0.4, -0.2) is 24.1 Å². The van der Waals surface area contributed by atoms with Crippen molar-refractivity contribution in [1.29, 1.82) is 0 Å². The van der Waals surface area contributed by atoms with Gasteiger partial charge in [-0.05, 0) is 36.2 Å². The number of nitrogens with one attached hydrogen (secondary N) is 1. The molecule has 2 aromatic rings. The summed E-state index contributed by atoms with van der Waals surface area (Å²) < 4.78 is 0. The molecule has 0 bridgehead atoms. The Balaban J connectivity index is 1.63. The Kier molecular flexibility index (Phi) is 5.91. The molecule has 1 aliphatic rings. The maximum atomic E-state index is 12.4. The van der Waals surface area contributed by atoms with Gasteiger partial charge < -0.3 is 5.32 Å². The van der Waals surface area contributed by atoms with Gasteiger partial charge in [-0.3, -0.25) is 9.59 Å². The molecule has 3 rings (SSSR count). The van der Waals surface area contributed by atoms with Gasteiger partial charge in [0, 0.05) is 29.4 Å². The van der Waals surface area contributed by atoms with E-state index in [-0.39, 0.29) is 18.2 Å². The van der Waals surface area contributed by atoms with E-state index in [4.69, 9.17) is 23.2 Å². The summed E-state index contributed by atoms with van der Waals surface area (Å²) in [5, 5.41) is 9.50. The molecule has 1 aliphatic heterocycles. The third-order valence-corrected chi connectivity index (χ3v) is 4.58. The van der Waals surface area contributed by atoms with Crippen LogP contribution in [0.4, 0.5) is 5.69 Å². The zero-order valence-electron chi connectivity index (χ0n) is 13.9. The second-order valence-electron chi connectivity index (χ2n) is 5.83. The van der Waals surface area contributed by atoms with Crippen molar-refractivity contribution in [3.8, 4) is 0 Å². The number of nitrogens with zero attached hydrogens (tertiary/aromatic N) is 2. The molecular formula is C19H17Cl2N3O2. The third-order valence-electron chi connectivity index (χ3n) is 3.99. The fraction of sp³-hybridized carbons (Fsp3) is 0.211. The molecule has 0 fully saturated rings. The Bertz CT molecular complexity index is 853. The number of rotatable bonds is 5. The quantitative estimate of drug-likeness (QED) is 0.844.